The summed E-state index contributed by atoms with van der Waals surface area (Å²) in [7, 11) is 0. The lowest BCUT2D eigenvalue weighted by molar-refractivity contribution is 0.188. The Hall–Kier alpha value is -1.92. The Kier molecular flexibility index (Phi) is 3.66. The summed E-state index contributed by atoms with van der Waals surface area (Å²) in [6.07, 6.45) is 1.59. The Morgan fingerprint density at radius 3 is 2.70 bits per heavy atom. The van der Waals surface area contributed by atoms with Crippen LogP contribution in [0.15, 0.2) is 24.5 Å². The number of anilines is 2. The first-order valence-electron chi connectivity index (χ1n) is 6.86. The number of aliphatic hydroxyl groups is 1. The molecule has 0 bridgehead atoms. The van der Waals surface area contributed by atoms with E-state index < -0.39 is 0 Å². The quantitative estimate of drug-likeness (QED) is 0.785. The highest BCUT2D eigenvalue weighted by Crippen LogP contribution is 2.25. The summed E-state index contributed by atoms with van der Waals surface area (Å²) in [6, 6.07) is 5.75. The predicted octanol–water partition coefficient (Wildman–Crippen LogP) is 0.326. The average Bonchev–Trinajstić information content (AvgIpc) is 2.47. The predicted molar refractivity (Wildman–Crippen MR) is 79.7 cm³/mol. The van der Waals surface area contributed by atoms with Gasteiger partial charge in [0.1, 0.15) is 12.1 Å². The normalized spacial score (nSPS) is 16.8. The molecule has 20 heavy (non-hydrogen) atoms. The van der Waals surface area contributed by atoms with E-state index in [-0.39, 0.29) is 6.61 Å². The fourth-order valence-electron chi connectivity index (χ4n) is 2.64. The zero-order valence-electron chi connectivity index (χ0n) is 11.4. The Balaban J connectivity index is 1.84. The smallest absolute Gasteiger partial charge is 0.139 e. The van der Waals surface area contributed by atoms with Crippen molar-refractivity contribution in [2.75, 3.05) is 50.0 Å². The molecule has 3 rings (SSSR count). The molecule has 6 heteroatoms. The van der Waals surface area contributed by atoms with Crippen LogP contribution in [0, 0.1) is 0 Å². The Morgan fingerprint density at radius 1 is 1.15 bits per heavy atom. The zero-order chi connectivity index (χ0) is 13.9. The maximum absolute atomic E-state index is 8.98. The number of aromatic nitrogens is 2. The number of nitrogen functional groups attached to an aromatic ring is 1. The van der Waals surface area contributed by atoms with E-state index in [2.05, 4.69) is 19.8 Å². The third-order valence-corrected chi connectivity index (χ3v) is 3.73. The van der Waals surface area contributed by atoms with Gasteiger partial charge in [0.2, 0.25) is 0 Å². The second-order valence-corrected chi connectivity index (χ2v) is 5.03. The van der Waals surface area contributed by atoms with Crippen LogP contribution in [0.5, 0.6) is 0 Å². The number of benzene rings is 1. The van der Waals surface area contributed by atoms with E-state index >= 15 is 0 Å². The van der Waals surface area contributed by atoms with Crippen LogP contribution in [0.25, 0.3) is 10.9 Å². The number of piperazine rings is 1. The van der Waals surface area contributed by atoms with E-state index in [1.54, 1.807) is 6.33 Å². The van der Waals surface area contributed by atoms with Crippen LogP contribution < -0.4 is 10.6 Å². The maximum atomic E-state index is 8.98. The van der Waals surface area contributed by atoms with Crippen molar-refractivity contribution in [1.82, 2.24) is 14.9 Å². The van der Waals surface area contributed by atoms with Gasteiger partial charge in [-0.1, -0.05) is 0 Å². The molecule has 0 spiro atoms. The molecule has 1 fully saturated rings. The van der Waals surface area contributed by atoms with Gasteiger partial charge >= 0.3 is 0 Å². The first-order valence-corrected chi connectivity index (χ1v) is 6.86. The van der Waals surface area contributed by atoms with Gasteiger partial charge in [0.15, 0.2) is 0 Å². The molecule has 6 nitrogen and oxygen atoms in total. The minimum absolute atomic E-state index is 0.218. The summed E-state index contributed by atoms with van der Waals surface area (Å²) in [4.78, 5) is 13.3. The maximum Gasteiger partial charge on any atom is 0.139 e. The van der Waals surface area contributed by atoms with Crippen LogP contribution in [0.2, 0.25) is 0 Å². The zero-order valence-corrected chi connectivity index (χ0v) is 11.4. The molecule has 0 saturated carbocycles. The topological polar surface area (TPSA) is 78.5 Å². The summed E-state index contributed by atoms with van der Waals surface area (Å²) in [5, 5.41) is 10.0. The van der Waals surface area contributed by atoms with E-state index in [4.69, 9.17) is 10.8 Å². The summed E-state index contributed by atoms with van der Waals surface area (Å²) in [6.45, 7) is 4.68. The summed E-state index contributed by atoms with van der Waals surface area (Å²) in [5.74, 6) is 0.971. The van der Waals surface area contributed by atoms with Crippen molar-refractivity contribution < 1.29 is 5.11 Å². The van der Waals surface area contributed by atoms with Gasteiger partial charge in [0.05, 0.1) is 12.1 Å². The molecular weight excluding hydrogens is 254 g/mol. The number of fused-ring (bicyclic) bond motifs is 1. The molecule has 1 aliphatic rings. The number of nitrogens with zero attached hydrogens (tertiary/aromatic N) is 4. The molecule has 0 amide bonds. The van der Waals surface area contributed by atoms with E-state index in [0.717, 1.165) is 55.1 Å². The van der Waals surface area contributed by atoms with Crippen LogP contribution in [-0.4, -0.2) is 59.3 Å². The van der Waals surface area contributed by atoms with Gasteiger partial charge in [0, 0.05) is 43.8 Å². The molecule has 2 aromatic rings. The molecule has 0 aliphatic carbocycles. The largest absolute Gasteiger partial charge is 0.399 e. The van der Waals surface area contributed by atoms with Crippen molar-refractivity contribution in [1.29, 1.82) is 0 Å². The van der Waals surface area contributed by atoms with Crippen molar-refractivity contribution in [3.8, 4) is 0 Å². The van der Waals surface area contributed by atoms with Gasteiger partial charge in [-0.05, 0) is 18.2 Å². The number of hydrogen-bond acceptors (Lipinski definition) is 6. The Morgan fingerprint density at radius 2 is 1.95 bits per heavy atom. The molecular formula is C14H19N5O. The van der Waals surface area contributed by atoms with E-state index in [1.165, 1.54) is 0 Å². The molecule has 0 radical (unpaired) electrons. The lowest BCUT2D eigenvalue weighted by Gasteiger charge is -2.35. The molecule has 2 heterocycles. The van der Waals surface area contributed by atoms with Crippen molar-refractivity contribution >= 4 is 22.4 Å². The highest BCUT2D eigenvalue weighted by molar-refractivity contribution is 5.91. The minimum Gasteiger partial charge on any atom is -0.399 e. The third-order valence-electron chi connectivity index (χ3n) is 3.73. The number of aliphatic hydroxyl groups excluding tert-OH is 1. The van der Waals surface area contributed by atoms with Crippen LogP contribution in [0.4, 0.5) is 11.5 Å². The van der Waals surface area contributed by atoms with Crippen LogP contribution in [0.3, 0.4) is 0 Å². The fourth-order valence-corrected chi connectivity index (χ4v) is 2.64. The lowest BCUT2D eigenvalue weighted by atomic mass is 10.2. The average molecular weight is 273 g/mol. The molecule has 0 unspecified atom stereocenters. The molecule has 1 aliphatic heterocycles. The fraction of sp³-hybridized carbons (Fsp3) is 0.429. The molecule has 1 saturated heterocycles. The van der Waals surface area contributed by atoms with Crippen LogP contribution in [0.1, 0.15) is 0 Å². The Bertz CT molecular complexity index is 595. The Labute approximate surface area is 117 Å². The van der Waals surface area contributed by atoms with Crippen molar-refractivity contribution in [3.63, 3.8) is 0 Å². The molecule has 1 aromatic carbocycles. The van der Waals surface area contributed by atoms with Crippen LogP contribution in [-0.2, 0) is 0 Å². The van der Waals surface area contributed by atoms with Gasteiger partial charge in [0.25, 0.3) is 0 Å². The minimum atomic E-state index is 0.218. The molecule has 3 N–H and O–H groups in total. The second kappa shape index (κ2) is 5.60. The SMILES string of the molecule is Nc1ccc2c(N3CCN(CCO)CC3)ncnc2c1. The van der Waals surface area contributed by atoms with Crippen molar-refractivity contribution in [2.45, 2.75) is 0 Å². The molecule has 106 valence electrons. The third kappa shape index (κ3) is 2.52. The number of rotatable bonds is 3. The summed E-state index contributed by atoms with van der Waals surface area (Å²) in [5.41, 5.74) is 7.40. The molecule has 1 aromatic heterocycles. The van der Waals surface area contributed by atoms with Gasteiger partial charge < -0.3 is 15.7 Å². The van der Waals surface area contributed by atoms with Crippen molar-refractivity contribution in [3.05, 3.63) is 24.5 Å². The highest BCUT2D eigenvalue weighted by atomic mass is 16.3. The summed E-state index contributed by atoms with van der Waals surface area (Å²) < 4.78 is 0. The summed E-state index contributed by atoms with van der Waals surface area (Å²) >= 11 is 0. The standard InChI is InChI=1S/C14H19N5O/c15-11-1-2-12-13(9-11)16-10-17-14(12)19-5-3-18(4-6-19)7-8-20/h1-2,9-10,20H,3-8,15H2. The van der Waals surface area contributed by atoms with E-state index in [0.29, 0.717) is 0 Å². The van der Waals surface area contributed by atoms with E-state index in [1.807, 2.05) is 18.2 Å². The van der Waals surface area contributed by atoms with Gasteiger partial charge in [-0.2, -0.15) is 0 Å². The first-order chi connectivity index (χ1) is 9.78. The van der Waals surface area contributed by atoms with Gasteiger partial charge in [-0.3, -0.25) is 4.90 Å². The van der Waals surface area contributed by atoms with E-state index in [9.17, 15) is 0 Å². The second-order valence-electron chi connectivity index (χ2n) is 5.03. The lowest BCUT2D eigenvalue weighted by Crippen LogP contribution is -2.47. The van der Waals surface area contributed by atoms with Crippen LogP contribution >= 0.6 is 0 Å². The van der Waals surface area contributed by atoms with Gasteiger partial charge in [-0.15, -0.1) is 0 Å². The van der Waals surface area contributed by atoms with Gasteiger partial charge in [-0.25, -0.2) is 9.97 Å². The van der Waals surface area contributed by atoms with Crippen molar-refractivity contribution in [2.24, 2.45) is 0 Å². The first kappa shape index (κ1) is 13.1. The highest BCUT2D eigenvalue weighted by Gasteiger charge is 2.19. The number of nitrogens with two attached hydrogens (primary N) is 1. The molecule has 0 atom stereocenters. The number of β-amino-alcohol motifs (C(OH)–C–C–N with tert-alkyl or cyclic N) is 1. The number of hydrogen-bond donors (Lipinski definition) is 2. The monoisotopic (exact) mass is 273 g/mol.